The number of ketones is 1. The number of hydrogen-bond donors (Lipinski definition) is 1. The van der Waals surface area contributed by atoms with E-state index in [-0.39, 0.29) is 31.6 Å². The maximum absolute atomic E-state index is 10.0. The average molecular weight is 709 g/mol. The first kappa shape index (κ1) is 28.6. The molecule has 2 aromatic heterocycles. The molecule has 4 aromatic carbocycles. The standard InChI is InChI=1S/C29H22NS.C5H8O2.Ir/c1-17(2)25-16-21(15-20-12-11-19-8-4-5-9-22(19)26(20)25)27-29-24(13-14-30-27)23-10-6-7-18(3)28(23)31-29;1-4(6)3-5(2)7;/h4-14,16-17H,1-3H3;3,6H,1-2H3;/q-1;;/b;4-3-;. The van der Waals surface area contributed by atoms with Crippen LogP contribution in [0.3, 0.4) is 0 Å². The zero-order valence-corrected chi connectivity index (χ0v) is 25.8. The second kappa shape index (κ2) is 11.8. The van der Waals surface area contributed by atoms with Gasteiger partial charge in [0, 0.05) is 52.9 Å². The van der Waals surface area contributed by atoms with Crippen molar-refractivity contribution >= 4 is 58.8 Å². The normalized spacial score (nSPS) is 11.6. The minimum absolute atomic E-state index is 0. The zero-order valence-electron chi connectivity index (χ0n) is 22.6. The van der Waals surface area contributed by atoms with Crippen LogP contribution in [0.1, 0.15) is 44.7 Å². The molecule has 0 amide bonds. The van der Waals surface area contributed by atoms with Crippen LogP contribution in [-0.4, -0.2) is 15.9 Å². The van der Waals surface area contributed by atoms with Gasteiger partial charge in [0.15, 0.2) is 5.78 Å². The van der Waals surface area contributed by atoms with Gasteiger partial charge in [-0.1, -0.05) is 73.3 Å². The van der Waals surface area contributed by atoms with E-state index >= 15 is 0 Å². The van der Waals surface area contributed by atoms with Gasteiger partial charge < -0.3 is 5.11 Å². The number of rotatable bonds is 3. The van der Waals surface area contributed by atoms with Gasteiger partial charge in [-0.15, -0.1) is 40.5 Å². The van der Waals surface area contributed by atoms with E-state index in [1.165, 1.54) is 67.4 Å². The fraction of sp³-hybridized carbons (Fsp3) is 0.176. The van der Waals surface area contributed by atoms with E-state index in [2.05, 4.69) is 93.6 Å². The van der Waals surface area contributed by atoms with Crippen molar-refractivity contribution in [3.05, 3.63) is 102 Å². The molecule has 5 heteroatoms. The van der Waals surface area contributed by atoms with E-state index < -0.39 is 0 Å². The molecule has 0 bridgehead atoms. The molecule has 0 aliphatic rings. The molecule has 0 spiro atoms. The van der Waals surface area contributed by atoms with Gasteiger partial charge in [0.25, 0.3) is 0 Å². The van der Waals surface area contributed by atoms with Gasteiger partial charge in [-0.25, -0.2) is 0 Å². The molecule has 1 radical (unpaired) electrons. The molecule has 1 N–H and O–H groups in total. The summed E-state index contributed by atoms with van der Waals surface area (Å²) in [6.45, 7) is 9.59. The van der Waals surface area contributed by atoms with E-state index in [9.17, 15) is 4.79 Å². The number of pyridine rings is 1. The topological polar surface area (TPSA) is 50.2 Å². The third kappa shape index (κ3) is 5.67. The SMILES string of the molecule is CC(=O)/C=C(/C)O.Cc1cccc2c1sc1c(-c3[c-]c4ccc5ccccc5c4c(C(C)C)c3)nccc12.[Ir]. The van der Waals surface area contributed by atoms with Crippen LogP contribution in [0.4, 0.5) is 0 Å². The van der Waals surface area contributed by atoms with Crippen LogP contribution in [0, 0.1) is 13.0 Å². The van der Waals surface area contributed by atoms with Crippen LogP contribution in [0.25, 0.3) is 53.0 Å². The van der Waals surface area contributed by atoms with Crippen molar-refractivity contribution in [2.24, 2.45) is 0 Å². The second-order valence-electron chi connectivity index (χ2n) is 9.99. The third-order valence-electron chi connectivity index (χ3n) is 6.69. The zero-order chi connectivity index (χ0) is 27.0. The predicted molar refractivity (Wildman–Crippen MR) is 162 cm³/mol. The molecule has 2 heterocycles. The Morgan fingerprint density at radius 3 is 2.36 bits per heavy atom. The third-order valence-corrected chi connectivity index (χ3v) is 8.05. The molecule has 199 valence electrons. The van der Waals surface area contributed by atoms with E-state index in [4.69, 9.17) is 10.1 Å². The Labute approximate surface area is 246 Å². The molecular weight excluding hydrogens is 679 g/mol. The van der Waals surface area contributed by atoms with Crippen molar-refractivity contribution in [3.8, 4) is 11.3 Å². The first-order chi connectivity index (χ1) is 18.2. The summed E-state index contributed by atoms with van der Waals surface area (Å²) < 4.78 is 2.60. The average Bonchev–Trinajstić information content (AvgIpc) is 3.28. The van der Waals surface area contributed by atoms with Crippen molar-refractivity contribution in [2.75, 3.05) is 0 Å². The number of fused-ring (bicyclic) bond motifs is 6. The summed E-state index contributed by atoms with van der Waals surface area (Å²) in [5.74, 6) is 0.345. The largest absolute Gasteiger partial charge is 0.512 e. The molecule has 0 aliphatic heterocycles. The molecule has 0 saturated heterocycles. The number of thiophene rings is 1. The summed E-state index contributed by atoms with van der Waals surface area (Å²) in [4.78, 5) is 14.9. The fourth-order valence-corrected chi connectivity index (χ4v) is 6.30. The van der Waals surface area contributed by atoms with E-state index in [1.54, 1.807) is 0 Å². The Balaban J connectivity index is 0.000000394. The minimum Gasteiger partial charge on any atom is -0.512 e. The van der Waals surface area contributed by atoms with E-state index in [1.807, 2.05) is 17.5 Å². The van der Waals surface area contributed by atoms with Crippen LogP contribution in [-0.2, 0) is 24.9 Å². The summed E-state index contributed by atoms with van der Waals surface area (Å²) in [6.07, 6.45) is 3.11. The molecule has 0 fully saturated rings. The van der Waals surface area contributed by atoms with Crippen LogP contribution in [0.5, 0.6) is 0 Å². The number of hydrogen-bond acceptors (Lipinski definition) is 4. The minimum atomic E-state index is -0.125. The maximum atomic E-state index is 10.0. The summed E-state index contributed by atoms with van der Waals surface area (Å²) in [6, 6.07) is 27.8. The van der Waals surface area contributed by atoms with Crippen LogP contribution >= 0.6 is 11.3 Å². The van der Waals surface area contributed by atoms with Crippen molar-refractivity contribution in [2.45, 2.75) is 40.5 Å². The molecule has 6 rings (SSSR count). The number of aromatic nitrogens is 1. The number of benzene rings is 4. The summed E-state index contributed by atoms with van der Waals surface area (Å²) in [5.41, 5.74) is 4.80. The van der Waals surface area contributed by atoms with Gasteiger partial charge in [-0.2, -0.15) is 0 Å². The number of carbonyl (C=O) groups excluding carboxylic acids is 1. The van der Waals surface area contributed by atoms with Gasteiger partial charge in [0.05, 0.1) is 5.76 Å². The van der Waals surface area contributed by atoms with Gasteiger partial charge in [-0.05, 0) is 54.5 Å². The fourth-order valence-electron chi connectivity index (χ4n) is 5.03. The number of aliphatic hydroxyl groups excluding tert-OH is 1. The number of allylic oxidation sites excluding steroid dienone is 2. The van der Waals surface area contributed by atoms with Crippen LogP contribution in [0.15, 0.2) is 84.8 Å². The van der Waals surface area contributed by atoms with Crippen LogP contribution in [0.2, 0.25) is 0 Å². The molecule has 3 nitrogen and oxygen atoms in total. The first-order valence-electron chi connectivity index (χ1n) is 12.8. The quantitative estimate of drug-likeness (QED) is 0.0863. The van der Waals surface area contributed by atoms with Crippen molar-refractivity contribution in [1.29, 1.82) is 0 Å². The summed E-state index contributed by atoms with van der Waals surface area (Å²) in [5, 5.41) is 16.0. The summed E-state index contributed by atoms with van der Waals surface area (Å²) in [7, 11) is 0. The Hall–Kier alpha value is -3.37. The first-order valence-corrected chi connectivity index (χ1v) is 13.6. The second-order valence-corrected chi connectivity index (χ2v) is 11.0. The molecule has 6 aromatic rings. The molecular formula is C34H30IrNO2S-. The van der Waals surface area contributed by atoms with Gasteiger partial charge in [0.1, 0.15) is 0 Å². The van der Waals surface area contributed by atoms with Crippen molar-refractivity contribution < 1.29 is 30.0 Å². The molecule has 39 heavy (non-hydrogen) atoms. The Morgan fingerprint density at radius 1 is 0.949 bits per heavy atom. The van der Waals surface area contributed by atoms with Gasteiger partial charge >= 0.3 is 0 Å². The number of carbonyl (C=O) groups is 1. The van der Waals surface area contributed by atoms with Crippen molar-refractivity contribution in [3.63, 3.8) is 0 Å². The monoisotopic (exact) mass is 709 g/mol. The van der Waals surface area contributed by atoms with E-state index in [0.29, 0.717) is 5.92 Å². The van der Waals surface area contributed by atoms with Gasteiger partial charge in [0.2, 0.25) is 0 Å². The number of aryl methyl sites for hydroxylation is 1. The number of nitrogens with zero attached hydrogens (tertiary/aromatic N) is 1. The van der Waals surface area contributed by atoms with Gasteiger partial charge in [-0.3, -0.25) is 9.78 Å². The Bertz CT molecular complexity index is 1860. The number of aliphatic hydroxyl groups is 1. The van der Waals surface area contributed by atoms with E-state index in [0.717, 1.165) is 16.6 Å². The predicted octanol–water partition coefficient (Wildman–Crippen LogP) is 9.69. The molecule has 0 atom stereocenters. The summed E-state index contributed by atoms with van der Waals surface area (Å²) >= 11 is 1.85. The maximum Gasteiger partial charge on any atom is 0.155 e. The molecule has 0 saturated carbocycles. The molecule has 0 aliphatic carbocycles. The Kier molecular flexibility index (Phi) is 8.66. The smallest absolute Gasteiger partial charge is 0.155 e. The molecule has 0 unspecified atom stereocenters. The van der Waals surface area contributed by atoms with Crippen molar-refractivity contribution in [1.82, 2.24) is 4.98 Å². The van der Waals surface area contributed by atoms with Crippen LogP contribution < -0.4 is 0 Å². The Morgan fingerprint density at radius 2 is 1.67 bits per heavy atom.